The van der Waals surface area contributed by atoms with Gasteiger partial charge in [0.1, 0.15) is 23.4 Å². The number of carbonyl (C=O) groups is 1. The molecular formula is C39H44N2O10. The molecule has 1 atom stereocenters. The van der Waals surface area contributed by atoms with Crippen molar-refractivity contribution < 1.29 is 48.5 Å². The minimum absolute atomic E-state index is 0.218. The first kappa shape index (κ1) is 36.8. The van der Waals surface area contributed by atoms with E-state index >= 15 is 0 Å². The molecule has 1 aliphatic rings. The molecule has 0 bridgehead atoms. The highest BCUT2D eigenvalue weighted by Crippen LogP contribution is 2.39. The first-order chi connectivity index (χ1) is 24.8. The van der Waals surface area contributed by atoms with E-state index in [2.05, 4.69) is 10.6 Å². The van der Waals surface area contributed by atoms with Gasteiger partial charge in [-0.1, -0.05) is 18.2 Å². The molecule has 4 aromatic carbocycles. The lowest BCUT2D eigenvalue weighted by Crippen LogP contribution is -2.38. The Bertz CT molecular complexity index is 1810. The molecule has 51 heavy (non-hydrogen) atoms. The van der Waals surface area contributed by atoms with Gasteiger partial charge in [0.25, 0.3) is 5.91 Å². The molecular weight excluding hydrogens is 656 g/mol. The number of methoxy groups -OCH3 is 4. The van der Waals surface area contributed by atoms with Crippen LogP contribution in [0.3, 0.4) is 0 Å². The van der Waals surface area contributed by atoms with Gasteiger partial charge in [0.2, 0.25) is 5.75 Å². The second-order valence-electron chi connectivity index (χ2n) is 11.7. The molecule has 0 spiro atoms. The number of anilines is 1. The van der Waals surface area contributed by atoms with Crippen LogP contribution in [0.5, 0.6) is 34.5 Å². The number of hydrogen-bond acceptors (Lipinski definition) is 11. The second kappa shape index (κ2) is 17.5. The Morgan fingerprint density at radius 1 is 0.647 bits per heavy atom. The van der Waals surface area contributed by atoms with E-state index in [0.717, 1.165) is 16.7 Å². The van der Waals surface area contributed by atoms with Gasteiger partial charge in [-0.2, -0.15) is 0 Å². The zero-order valence-electron chi connectivity index (χ0n) is 29.2. The zero-order chi connectivity index (χ0) is 36.3. The Labute approximate surface area is 297 Å². The van der Waals surface area contributed by atoms with E-state index in [-0.39, 0.29) is 25.7 Å². The van der Waals surface area contributed by atoms with Crippen LogP contribution in [0.15, 0.2) is 60.7 Å². The molecule has 1 unspecified atom stereocenters. The minimum atomic E-state index is -0.470. The average Bonchev–Trinajstić information content (AvgIpc) is 3.17. The maximum atomic E-state index is 12.8. The number of rotatable bonds is 17. The van der Waals surface area contributed by atoms with Crippen LogP contribution < -0.4 is 39.1 Å². The van der Waals surface area contributed by atoms with E-state index in [1.165, 1.54) is 7.11 Å². The number of benzene rings is 4. The molecule has 0 saturated heterocycles. The van der Waals surface area contributed by atoms with Gasteiger partial charge in [0.15, 0.2) is 11.5 Å². The van der Waals surface area contributed by atoms with Crippen LogP contribution in [-0.2, 0) is 19.8 Å². The van der Waals surface area contributed by atoms with Crippen molar-refractivity contribution in [3.05, 3.63) is 99.6 Å². The third-order valence-corrected chi connectivity index (χ3v) is 8.50. The molecule has 1 heterocycles. The lowest BCUT2D eigenvalue weighted by atomic mass is 10.0. The quantitative estimate of drug-likeness (QED) is 0.0704. The monoisotopic (exact) mass is 700 g/mol. The van der Waals surface area contributed by atoms with Gasteiger partial charge in [-0.15, -0.1) is 0 Å². The van der Waals surface area contributed by atoms with Crippen molar-refractivity contribution in [2.75, 3.05) is 47.0 Å². The SMILES string of the molecule is COc1ccc2c(c1)C(=O)NC(c1ccc(OCCCCOc3c(OC)cc(/C=C\c4cc(CO)c(CO)c(OC)c4)cc3OC)c(CO)c1)N2. The summed E-state index contributed by atoms with van der Waals surface area (Å²) in [5, 5.41) is 35.8. The first-order valence-electron chi connectivity index (χ1n) is 16.5. The predicted molar refractivity (Wildman–Crippen MR) is 193 cm³/mol. The third kappa shape index (κ3) is 8.66. The van der Waals surface area contributed by atoms with E-state index in [0.29, 0.717) is 88.5 Å². The Hall–Kier alpha value is -5.43. The summed E-state index contributed by atoms with van der Waals surface area (Å²) in [5.74, 6) is 2.95. The normalized spacial score (nSPS) is 13.6. The molecule has 12 heteroatoms. The van der Waals surface area contributed by atoms with Crippen LogP contribution in [-0.4, -0.2) is 62.9 Å². The molecule has 4 aromatic rings. The Morgan fingerprint density at radius 2 is 1.29 bits per heavy atom. The van der Waals surface area contributed by atoms with Gasteiger partial charge >= 0.3 is 0 Å². The van der Waals surface area contributed by atoms with Crippen LogP contribution in [0.4, 0.5) is 5.69 Å². The first-order valence-corrected chi connectivity index (χ1v) is 16.5. The van der Waals surface area contributed by atoms with Gasteiger partial charge in [0.05, 0.1) is 67.0 Å². The number of unbranched alkanes of at least 4 members (excludes halogenated alkanes) is 1. The van der Waals surface area contributed by atoms with E-state index in [4.69, 9.17) is 28.4 Å². The van der Waals surface area contributed by atoms with Crippen LogP contribution in [0, 0.1) is 0 Å². The summed E-state index contributed by atoms with van der Waals surface area (Å²) in [6.07, 6.45) is 4.65. The van der Waals surface area contributed by atoms with E-state index < -0.39 is 6.17 Å². The Morgan fingerprint density at radius 3 is 1.92 bits per heavy atom. The molecule has 0 aliphatic carbocycles. The van der Waals surface area contributed by atoms with Gasteiger partial charge in [-0.05, 0) is 89.7 Å². The number of carbonyl (C=O) groups excluding carboxylic acids is 1. The largest absolute Gasteiger partial charge is 0.497 e. The van der Waals surface area contributed by atoms with Gasteiger partial charge in [-0.3, -0.25) is 4.79 Å². The maximum absolute atomic E-state index is 12.8. The van der Waals surface area contributed by atoms with Crippen LogP contribution >= 0.6 is 0 Å². The molecule has 5 rings (SSSR count). The maximum Gasteiger partial charge on any atom is 0.255 e. The van der Waals surface area contributed by atoms with Crippen molar-refractivity contribution in [3.8, 4) is 34.5 Å². The number of ether oxygens (including phenoxy) is 6. The summed E-state index contributed by atoms with van der Waals surface area (Å²) in [6, 6.07) is 18.0. The third-order valence-electron chi connectivity index (χ3n) is 8.50. The van der Waals surface area contributed by atoms with Crippen molar-refractivity contribution >= 4 is 23.7 Å². The number of nitrogens with one attached hydrogen (secondary N) is 2. The van der Waals surface area contributed by atoms with Crippen molar-refractivity contribution in [1.29, 1.82) is 0 Å². The smallest absolute Gasteiger partial charge is 0.255 e. The predicted octanol–water partition coefficient (Wildman–Crippen LogP) is 5.46. The standard InChI is InChI=1S/C39H44N2O10/c1-46-29-10-11-32-30(20-29)39(45)41-38(40-32)26-9-12-33(28(19-26)22-43)50-13-5-6-14-51-37-35(48-3)17-25(18-36(37)49-4)8-7-24-15-27(21-42)31(23-44)34(16-24)47-2/h7-12,15-20,38,40,42-44H,5-6,13-14,21-23H2,1-4H3,(H,41,45)/b8-7-. The minimum Gasteiger partial charge on any atom is -0.497 e. The molecule has 0 fully saturated rings. The lowest BCUT2D eigenvalue weighted by Gasteiger charge is -2.29. The molecule has 1 amide bonds. The summed E-state index contributed by atoms with van der Waals surface area (Å²) in [5.41, 5.74) is 5.33. The number of amides is 1. The summed E-state index contributed by atoms with van der Waals surface area (Å²) < 4.78 is 34.0. The van der Waals surface area contributed by atoms with Gasteiger partial charge in [0, 0.05) is 16.8 Å². The Balaban J connectivity index is 1.16. The zero-order valence-corrected chi connectivity index (χ0v) is 29.2. The van der Waals surface area contributed by atoms with E-state index in [9.17, 15) is 20.1 Å². The second-order valence-corrected chi connectivity index (χ2v) is 11.7. The fourth-order valence-electron chi connectivity index (χ4n) is 5.79. The van der Waals surface area contributed by atoms with Crippen molar-refractivity contribution in [2.45, 2.75) is 38.8 Å². The molecule has 12 nitrogen and oxygen atoms in total. The van der Waals surface area contributed by atoms with Crippen molar-refractivity contribution in [3.63, 3.8) is 0 Å². The average molecular weight is 701 g/mol. The molecule has 0 radical (unpaired) electrons. The summed E-state index contributed by atoms with van der Waals surface area (Å²) >= 11 is 0. The summed E-state index contributed by atoms with van der Waals surface area (Å²) in [7, 11) is 6.20. The highest BCUT2D eigenvalue weighted by molar-refractivity contribution is 6.02. The number of fused-ring (bicyclic) bond motifs is 1. The fourth-order valence-corrected chi connectivity index (χ4v) is 5.79. The topological polar surface area (TPSA) is 157 Å². The lowest BCUT2D eigenvalue weighted by molar-refractivity contribution is 0.0935. The number of hydrogen-bond donors (Lipinski definition) is 5. The fraction of sp³-hybridized carbons (Fsp3) is 0.308. The molecule has 5 N–H and O–H groups in total. The highest BCUT2D eigenvalue weighted by atomic mass is 16.5. The highest BCUT2D eigenvalue weighted by Gasteiger charge is 2.26. The van der Waals surface area contributed by atoms with Crippen LogP contribution in [0.1, 0.15) is 62.7 Å². The summed E-state index contributed by atoms with van der Waals surface area (Å²) in [4.78, 5) is 12.8. The Kier molecular flexibility index (Phi) is 12.6. The van der Waals surface area contributed by atoms with Crippen LogP contribution in [0.2, 0.25) is 0 Å². The van der Waals surface area contributed by atoms with E-state index in [1.54, 1.807) is 51.7 Å². The van der Waals surface area contributed by atoms with Crippen molar-refractivity contribution in [2.24, 2.45) is 0 Å². The van der Waals surface area contributed by atoms with Gasteiger partial charge in [-0.25, -0.2) is 0 Å². The molecule has 270 valence electrons. The molecule has 1 aliphatic heterocycles. The summed E-state index contributed by atoms with van der Waals surface area (Å²) in [6.45, 7) is 0.110. The molecule has 0 saturated carbocycles. The molecule has 0 aromatic heterocycles. The van der Waals surface area contributed by atoms with Crippen LogP contribution in [0.25, 0.3) is 12.2 Å². The number of aliphatic hydroxyl groups is 3. The van der Waals surface area contributed by atoms with Crippen molar-refractivity contribution in [1.82, 2.24) is 5.32 Å². The number of aliphatic hydroxyl groups excluding tert-OH is 3. The van der Waals surface area contributed by atoms with Gasteiger partial charge < -0.3 is 54.4 Å². The van der Waals surface area contributed by atoms with E-state index in [1.807, 2.05) is 42.5 Å².